The van der Waals surface area contributed by atoms with Gasteiger partial charge in [-0.3, -0.25) is 9.78 Å². The molecular weight excluding hydrogens is 206 g/mol. The molecule has 0 spiro atoms. The lowest BCUT2D eigenvalue weighted by atomic mass is 10.2. The molecule has 5 heteroatoms. The van der Waals surface area contributed by atoms with Crippen LogP contribution in [0.1, 0.15) is 10.5 Å². The SMILES string of the molecule is O=C(NCC1COCCN1)c1ccccn1. The van der Waals surface area contributed by atoms with Gasteiger partial charge in [0.05, 0.1) is 13.2 Å². The lowest BCUT2D eigenvalue weighted by Gasteiger charge is -2.23. The predicted molar refractivity (Wildman–Crippen MR) is 59.2 cm³/mol. The Labute approximate surface area is 94.2 Å². The number of carbonyl (C=O) groups excluding carboxylic acids is 1. The molecule has 1 amide bonds. The van der Waals surface area contributed by atoms with Crippen molar-refractivity contribution in [2.45, 2.75) is 6.04 Å². The average Bonchev–Trinajstić information content (AvgIpc) is 2.38. The fourth-order valence-corrected chi connectivity index (χ4v) is 1.55. The van der Waals surface area contributed by atoms with Crippen molar-refractivity contribution < 1.29 is 9.53 Å². The zero-order valence-electron chi connectivity index (χ0n) is 8.98. The van der Waals surface area contributed by atoms with Gasteiger partial charge in [0.2, 0.25) is 0 Å². The van der Waals surface area contributed by atoms with Gasteiger partial charge in [-0.25, -0.2) is 0 Å². The molecule has 1 aliphatic heterocycles. The summed E-state index contributed by atoms with van der Waals surface area (Å²) in [5, 5.41) is 6.09. The van der Waals surface area contributed by atoms with E-state index in [2.05, 4.69) is 15.6 Å². The first-order valence-corrected chi connectivity index (χ1v) is 5.36. The molecule has 0 radical (unpaired) electrons. The Bertz CT molecular complexity index is 336. The topological polar surface area (TPSA) is 63.2 Å². The van der Waals surface area contributed by atoms with Crippen molar-refractivity contribution >= 4 is 5.91 Å². The standard InChI is InChI=1S/C11H15N3O2/c15-11(10-3-1-2-4-13-10)14-7-9-8-16-6-5-12-9/h1-4,9,12H,5-8H2,(H,14,15). The number of nitrogens with zero attached hydrogens (tertiary/aromatic N) is 1. The molecule has 0 aromatic carbocycles. The normalized spacial score (nSPS) is 20.4. The van der Waals surface area contributed by atoms with Gasteiger partial charge in [0, 0.05) is 25.3 Å². The third-order valence-corrected chi connectivity index (χ3v) is 2.40. The Balaban J connectivity index is 1.79. The highest BCUT2D eigenvalue weighted by atomic mass is 16.5. The number of morpholine rings is 1. The van der Waals surface area contributed by atoms with Gasteiger partial charge in [-0.05, 0) is 12.1 Å². The average molecular weight is 221 g/mol. The largest absolute Gasteiger partial charge is 0.378 e. The molecule has 2 N–H and O–H groups in total. The summed E-state index contributed by atoms with van der Waals surface area (Å²) in [5.41, 5.74) is 0.444. The molecule has 2 rings (SSSR count). The Kier molecular flexibility index (Phi) is 3.85. The highest BCUT2D eigenvalue weighted by Crippen LogP contribution is 1.95. The zero-order valence-corrected chi connectivity index (χ0v) is 8.98. The molecule has 5 nitrogen and oxygen atoms in total. The molecule has 0 saturated carbocycles. The number of rotatable bonds is 3. The minimum Gasteiger partial charge on any atom is -0.378 e. The van der Waals surface area contributed by atoms with Crippen molar-refractivity contribution in [2.75, 3.05) is 26.3 Å². The van der Waals surface area contributed by atoms with Crippen LogP contribution >= 0.6 is 0 Å². The maximum absolute atomic E-state index is 11.6. The van der Waals surface area contributed by atoms with E-state index in [-0.39, 0.29) is 11.9 Å². The van der Waals surface area contributed by atoms with E-state index in [1.807, 2.05) is 0 Å². The molecule has 1 unspecified atom stereocenters. The molecule has 1 aliphatic rings. The highest BCUT2D eigenvalue weighted by Gasteiger charge is 2.14. The zero-order chi connectivity index (χ0) is 11.2. The van der Waals surface area contributed by atoms with Gasteiger partial charge >= 0.3 is 0 Å². The quantitative estimate of drug-likeness (QED) is 0.742. The second-order valence-corrected chi connectivity index (χ2v) is 3.65. The van der Waals surface area contributed by atoms with Gasteiger partial charge in [-0.1, -0.05) is 6.07 Å². The van der Waals surface area contributed by atoms with Crippen LogP contribution in [0, 0.1) is 0 Å². The van der Waals surface area contributed by atoms with E-state index in [1.165, 1.54) is 0 Å². The summed E-state index contributed by atoms with van der Waals surface area (Å²) in [6.45, 7) is 2.78. The third-order valence-electron chi connectivity index (χ3n) is 2.40. The van der Waals surface area contributed by atoms with Crippen molar-refractivity contribution in [3.63, 3.8) is 0 Å². The molecule has 0 bridgehead atoms. The first-order chi connectivity index (χ1) is 7.86. The highest BCUT2D eigenvalue weighted by molar-refractivity contribution is 5.92. The lowest BCUT2D eigenvalue weighted by Crippen LogP contribution is -2.48. The minimum absolute atomic E-state index is 0.145. The molecule has 0 aliphatic carbocycles. The number of ether oxygens (including phenoxy) is 1. The lowest BCUT2D eigenvalue weighted by molar-refractivity contribution is 0.0733. The summed E-state index contributed by atoms with van der Waals surface area (Å²) in [6.07, 6.45) is 1.61. The summed E-state index contributed by atoms with van der Waals surface area (Å²) < 4.78 is 5.29. The number of hydrogen-bond acceptors (Lipinski definition) is 4. The Morgan fingerprint density at radius 1 is 1.62 bits per heavy atom. The number of amides is 1. The van der Waals surface area contributed by atoms with E-state index in [0.717, 1.165) is 13.2 Å². The van der Waals surface area contributed by atoms with Crippen molar-refractivity contribution in [3.8, 4) is 0 Å². The summed E-state index contributed by atoms with van der Waals surface area (Å²) in [5.74, 6) is -0.145. The second-order valence-electron chi connectivity index (χ2n) is 3.65. The van der Waals surface area contributed by atoms with Gasteiger partial charge in [-0.15, -0.1) is 0 Å². The first kappa shape index (κ1) is 11.0. The van der Waals surface area contributed by atoms with Crippen LogP contribution in [-0.2, 0) is 4.74 Å². The van der Waals surface area contributed by atoms with E-state index in [4.69, 9.17) is 4.74 Å². The number of carbonyl (C=O) groups is 1. The Morgan fingerprint density at radius 2 is 2.56 bits per heavy atom. The van der Waals surface area contributed by atoms with Crippen LogP contribution in [0.5, 0.6) is 0 Å². The van der Waals surface area contributed by atoms with E-state index in [0.29, 0.717) is 18.8 Å². The van der Waals surface area contributed by atoms with Crippen molar-refractivity contribution in [2.24, 2.45) is 0 Å². The van der Waals surface area contributed by atoms with Crippen LogP contribution in [0.4, 0.5) is 0 Å². The molecule has 1 atom stereocenters. The first-order valence-electron chi connectivity index (χ1n) is 5.36. The molecule has 2 heterocycles. The van der Waals surface area contributed by atoms with Gasteiger partial charge in [0.25, 0.3) is 5.91 Å². The van der Waals surface area contributed by atoms with Crippen molar-refractivity contribution in [1.29, 1.82) is 0 Å². The Hall–Kier alpha value is -1.46. The van der Waals surface area contributed by atoms with E-state index < -0.39 is 0 Å². The van der Waals surface area contributed by atoms with E-state index >= 15 is 0 Å². The Morgan fingerprint density at radius 3 is 3.25 bits per heavy atom. The van der Waals surface area contributed by atoms with Crippen molar-refractivity contribution in [1.82, 2.24) is 15.6 Å². The summed E-state index contributed by atoms with van der Waals surface area (Å²) >= 11 is 0. The summed E-state index contributed by atoms with van der Waals surface area (Å²) in [7, 11) is 0. The van der Waals surface area contributed by atoms with Crippen LogP contribution in [0.2, 0.25) is 0 Å². The maximum atomic E-state index is 11.6. The third kappa shape index (κ3) is 3.01. The molecule has 1 aromatic heterocycles. The van der Waals surface area contributed by atoms with Crippen molar-refractivity contribution in [3.05, 3.63) is 30.1 Å². The van der Waals surface area contributed by atoms with Gasteiger partial charge < -0.3 is 15.4 Å². The number of pyridine rings is 1. The van der Waals surface area contributed by atoms with Gasteiger partial charge in [0.1, 0.15) is 5.69 Å². The van der Waals surface area contributed by atoms with Crippen LogP contribution < -0.4 is 10.6 Å². The molecule has 1 aromatic rings. The van der Waals surface area contributed by atoms with Crippen LogP contribution in [0.25, 0.3) is 0 Å². The summed E-state index contributed by atoms with van der Waals surface area (Å²) in [6, 6.07) is 5.47. The van der Waals surface area contributed by atoms with Crippen LogP contribution in [-0.4, -0.2) is 43.2 Å². The second kappa shape index (κ2) is 5.58. The molecular formula is C11H15N3O2. The maximum Gasteiger partial charge on any atom is 0.269 e. The number of aromatic nitrogens is 1. The summed E-state index contributed by atoms with van der Waals surface area (Å²) in [4.78, 5) is 15.6. The van der Waals surface area contributed by atoms with Crippen LogP contribution in [0.15, 0.2) is 24.4 Å². The monoisotopic (exact) mass is 221 g/mol. The molecule has 1 fully saturated rings. The van der Waals surface area contributed by atoms with Gasteiger partial charge in [-0.2, -0.15) is 0 Å². The van der Waals surface area contributed by atoms with E-state index in [9.17, 15) is 4.79 Å². The fourth-order valence-electron chi connectivity index (χ4n) is 1.55. The number of hydrogen-bond donors (Lipinski definition) is 2. The minimum atomic E-state index is -0.145. The molecule has 86 valence electrons. The number of nitrogens with one attached hydrogen (secondary N) is 2. The smallest absolute Gasteiger partial charge is 0.269 e. The fraction of sp³-hybridized carbons (Fsp3) is 0.455. The van der Waals surface area contributed by atoms with E-state index in [1.54, 1.807) is 24.4 Å². The van der Waals surface area contributed by atoms with Gasteiger partial charge in [0.15, 0.2) is 0 Å². The molecule has 1 saturated heterocycles. The van der Waals surface area contributed by atoms with Crippen LogP contribution in [0.3, 0.4) is 0 Å². The molecule has 16 heavy (non-hydrogen) atoms. The predicted octanol–water partition coefficient (Wildman–Crippen LogP) is -0.200.